The molecule has 7 aliphatic rings. The number of piperidine rings is 1. The molecule has 4 fully saturated rings. The van der Waals surface area contributed by atoms with E-state index in [9.17, 15) is 80.8 Å². The Kier molecular flexibility index (Phi) is 14.0. The molecule has 14 unspecified atom stereocenters. The molecule has 25 heteroatoms. The summed E-state index contributed by atoms with van der Waals surface area (Å²) in [4.78, 5) is 58.2. The van der Waals surface area contributed by atoms with Crippen LogP contribution < -0.4 is 20.8 Å². The van der Waals surface area contributed by atoms with Crippen molar-refractivity contribution in [3.05, 3.63) is 105 Å². The second-order valence-electron chi connectivity index (χ2n) is 21.8. The van der Waals surface area contributed by atoms with Crippen molar-refractivity contribution in [1.29, 1.82) is 0 Å². The molecule has 11 rings (SSSR count). The third kappa shape index (κ3) is 8.71. The fraction of sp³-hybridized carbons (Fsp3) is 0.464. The summed E-state index contributed by atoms with van der Waals surface area (Å²) in [5, 5.41) is 155. The molecule has 81 heavy (non-hydrogen) atoms. The van der Waals surface area contributed by atoms with Gasteiger partial charge in [0, 0.05) is 96.9 Å². The number of aliphatic hydroxyl groups excluding tert-OH is 7. The molecule has 25 nitrogen and oxygen atoms in total. The van der Waals surface area contributed by atoms with Crippen LogP contribution >= 0.6 is 0 Å². The summed E-state index contributed by atoms with van der Waals surface area (Å²) in [6, 6.07) is 8.09. The third-order valence-electron chi connectivity index (χ3n) is 16.9. The predicted molar refractivity (Wildman–Crippen MR) is 274 cm³/mol. The van der Waals surface area contributed by atoms with Gasteiger partial charge in [0.05, 0.1) is 12.6 Å². The van der Waals surface area contributed by atoms with E-state index in [1.807, 2.05) is 12.0 Å². The van der Waals surface area contributed by atoms with Crippen molar-refractivity contribution >= 4 is 29.2 Å². The number of phenolic OH excluding ortho intramolecular Hbond substituents is 3. The van der Waals surface area contributed by atoms with Gasteiger partial charge in [0.25, 0.3) is 11.4 Å². The van der Waals surface area contributed by atoms with Crippen LogP contribution in [0.3, 0.4) is 0 Å². The number of carboxylic acid groups (broad SMARTS) is 1. The molecule has 2 aromatic heterocycles. The molecule has 2 spiro atoms. The van der Waals surface area contributed by atoms with E-state index in [1.54, 1.807) is 24.5 Å². The lowest BCUT2D eigenvalue weighted by atomic mass is 9.74. The number of phenols is 3. The fourth-order valence-electron chi connectivity index (χ4n) is 12.7. The number of aromatic nitrogens is 1. The number of esters is 1. The van der Waals surface area contributed by atoms with E-state index in [-0.39, 0.29) is 59.0 Å². The van der Waals surface area contributed by atoms with Crippen LogP contribution in [0, 0.1) is 23.7 Å². The SMILES string of the molecule is O=CCC(CO)CC12OC(=O)C3(CC#CC(C(=O)O)(O1)C(O)(O)C(O)C2O)OC1(Oc2cc4oc(-c5cc(O)c(O)c(CCO)c5)cc(=O)c4c(O)c2C(C2=CNC4NC5CCCC(C5)C4=C2)C=C1Cc1ccc[nH]1)C(O)C(O)C3O. The number of H-pyrrole nitrogens is 1. The van der Waals surface area contributed by atoms with Crippen LogP contribution in [-0.4, -0.2) is 174 Å². The minimum Gasteiger partial charge on any atom is -0.507 e. The van der Waals surface area contributed by atoms with Gasteiger partial charge in [-0.15, -0.1) is 0 Å². The number of hydrogen-bond donors (Lipinski definition) is 16. The summed E-state index contributed by atoms with van der Waals surface area (Å²) < 4.78 is 31.6. The summed E-state index contributed by atoms with van der Waals surface area (Å²) in [7, 11) is 0. The molecule has 4 bridgehead atoms. The van der Waals surface area contributed by atoms with Crippen molar-refractivity contribution in [2.75, 3.05) is 13.2 Å². The molecule has 3 saturated heterocycles. The van der Waals surface area contributed by atoms with Crippen molar-refractivity contribution in [3.63, 3.8) is 0 Å². The Bertz CT molecular complexity index is 3430. The zero-order valence-electron chi connectivity index (χ0n) is 42.9. The third-order valence-corrected chi connectivity index (χ3v) is 16.9. The Morgan fingerprint density at radius 1 is 0.938 bits per heavy atom. The highest BCUT2D eigenvalue weighted by atomic mass is 16.8. The number of aldehydes is 1. The van der Waals surface area contributed by atoms with Crippen LogP contribution in [-0.2, 0) is 41.4 Å². The van der Waals surface area contributed by atoms with Crippen LogP contribution in [0.5, 0.6) is 23.0 Å². The number of rotatable bonds is 12. The van der Waals surface area contributed by atoms with Crippen LogP contribution in [0.4, 0.5) is 0 Å². The first-order valence-corrected chi connectivity index (χ1v) is 26.3. The van der Waals surface area contributed by atoms with E-state index in [0.29, 0.717) is 17.6 Å². The minimum absolute atomic E-state index is 0.0348. The molecule has 1 saturated carbocycles. The monoisotopic (exact) mass is 1130 g/mol. The van der Waals surface area contributed by atoms with E-state index in [1.165, 1.54) is 12.1 Å². The average Bonchev–Trinajstić information content (AvgIpc) is 4.20. The predicted octanol–water partition coefficient (Wildman–Crippen LogP) is -0.975. The maximum Gasteiger partial charge on any atom is 0.354 e. The molecule has 16 N–H and O–H groups in total. The number of hydrogen-bond acceptors (Lipinski definition) is 23. The molecule has 8 heterocycles. The first-order chi connectivity index (χ1) is 38.6. The summed E-state index contributed by atoms with van der Waals surface area (Å²) in [5.74, 6) is -15.4. The van der Waals surface area contributed by atoms with Crippen LogP contribution in [0.25, 0.3) is 22.3 Å². The number of fused-ring (bicyclic) bond motifs is 8. The molecular weight excluding hydrogens is 1070 g/mol. The van der Waals surface area contributed by atoms with Crippen LogP contribution in [0.15, 0.2) is 86.9 Å². The van der Waals surface area contributed by atoms with E-state index >= 15 is 4.79 Å². The first-order valence-electron chi connectivity index (χ1n) is 26.3. The Labute approximate surface area is 458 Å². The van der Waals surface area contributed by atoms with Gasteiger partial charge >= 0.3 is 11.9 Å². The van der Waals surface area contributed by atoms with Crippen molar-refractivity contribution in [3.8, 4) is 46.2 Å². The van der Waals surface area contributed by atoms with Crippen molar-refractivity contribution in [2.24, 2.45) is 11.8 Å². The number of aliphatic carboxylic acids is 1. The van der Waals surface area contributed by atoms with Gasteiger partial charge in [-0.1, -0.05) is 24.5 Å². The number of benzene rings is 2. The Morgan fingerprint density at radius 3 is 2.44 bits per heavy atom. The van der Waals surface area contributed by atoms with Gasteiger partial charge in [-0.2, -0.15) is 0 Å². The molecule has 0 amide bonds. The van der Waals surface area contributed by atoms with Crippen molar-refractivity contribution in [2.45, 2.75) is 135 Å². The molecule has 0 radical (unpaired) electrons. The van der Waals surface area contributed by atoms with Gasteiger partial charge in [0.15, 0.2) is 29.1 Å². The number of carbonyl (C=O) groups is 3. The summed E-state index contributed by atoms with van der Waals surface area (Å²) in [6.07, 6.45) is -6.81. The number of aliphatic hydroxyl groups is 9. The summed E-state index contributed by atoms with van der Waals surface area (Å²) in [5.41, 5.74) is -6.69. The molecule has 6 aliphatic heterocycles. The molecule has 14 atom stereocenters. The lowest BCUT2D eigenvalue weighted by Gasteiger charge is -2.55. The zero-order valence-corrected chi connectivity index (χ0v) is 42.9. The van der Waals surface area contributed by atoms with Crippen LogP contribution in [0.1, 0.15) is 67.7 Å². The first kappa shape index (κ1) is 55.7. The smallest absolute Gasteiger partial charge is 0.354 e. The quantitative estimate of drug-likeness (QED) is 0.0203. The van der Waals surface area contributed by atoms with Gasteiger partial charge in [0.1, 0.15) is 52.8 Å². The molecule has 430 valence electrons. The lowest BCUT2D eigenvalue weighted by Crippen LogP contribution is -2.79. The number of dihydropyridines is 1. The average molecular weight is 1130 g/mol. The number of carbonyl (C=O) groups excluding carboxylic acids is 2. The second-order valence-corrected chi connectivity index (χ2v) is 21.8. The molecular formula is C56H59N3O22. The maximum absolute atomic E-state index is 15.5. The summed E-state index contributed by atoms with van der Waals surface area (Å²) >= 11 is 0. The molecule has 2 aromatic carbocycles. The molecule has 1 aliphatic carbocycles. The van der Waals surface area contributed by atoms with Crippen LogP contribution in [0.2, 0.25) is 0 Å². The molecule has 4 aromatic rings. The maximum atomic E-state index is 15.5. The van der Waals surface area contributed by atoms with Crippen molar-refractivity contribution in [1.82, 2.24) is 15.6 Å². The number of nitrogens with one attached hydrogen (secondary N) is 3. The van der Waals surface area contributed by atoms with Gasteiger partial charge < -0.3 is 105 Å². The van der Waals surface area contributed by atoms with Crippen molar-refractivity contribution < 1.29 is 104 Å². The highest BCUT2D eigenvalue weighted by molar-refractivity contribution is 5.90. The minimum atomic E-state index is -4.04. The van der Waals surface area contributed by atoms with E-state index < -0.39 is 155 Å². The second kappa shape index (κ2) is 20.4. The standard InChI is InChI=1S/C56H59N3O22/c60-12-7-25(24-62)22-54-47(70)48(71)56(75,76)53(81-54,50(72)73)10-3-9-52(51(74)79-54)45(68)44(67)46(69)55(80-52)30(18-31-6-2-11-57-31)19-33(29-16-34-26-4-1-5-32(15-26)59-49(34)58-23-29)40-39(78-55)21-38-41(43(40)66)35(63)20-37(77-38)28-14-27(8-13-61)42(65)36(64)17-28/h2,6,11-12,14,16-17,19-21,23,25-26,32-33,44-49,57-59,61-62,64-71,75-76H,1,4-5,7-9,13,15,18,22,24H2,(H,72,73). The topological polar surface area (TPSA) is 421 Å². The summed E-state index contributed by atoms with van der Waals surface area (Å²) in [6.45, 7) is -1.38. The van der Waals surface area contributed by atoms with E-state index in [4.69, 9.17) is 23.4 Å². The number of aromatic hydroxyl groups is 3. The Hall–Kier alpha value is -7.16. The van der Waals surface area contributed by atoms with Gasteiger partial charge in [-0.25, -0.2) is 9.59 Å². The lowest BCUT2D eigenvalue weighted by molar-refractivity contribution is -0.432. The number of carboxylic acids is 1. The highest BCUT2D eigenvalue weighted by Crippen LogP contribution is 2.56. The Balaban J connectivity index is 1.16. The van der Waals surface area contributed by atoms with Gasteiger partial charge in [-0.05, 0) is 78.9 Å². The largest absolute Gasteiger partial charge is 0.507 e. The fourth-order valence-corrected chi connectivity index (χ4v) is 12.7. The Morgan fingerprint density at radius 2 is 1.73 bits per heavy atom. The van der Waals surface area contributed by atoms with E-state index in [0.717, 1.165) is 49.5 Å². The van der Waals surface area contributed by atoms with Gasteiger partial charge in [0.2, 0.25) is 17.2 Å². The van der Waals surface area contributed by atoms with Gasteiger partial charge in [-0.3, -0.25) is 10.1 Å². The highest BCUT2D eigenvalue weighted by Gasteiger charge is 2.76. The number of ether oxygens (including phenoxy) is 4. The van der Waals surface area contributed by atoms with E-state index in [2.05, 4.69) is 21.5 Å². The zero-order chi connectivity index (χ0) is 57.7. The normalized spacial score (nSPS) is 34.2. The number of aromatic amines is 1. The number of allylic oxidation sites excluding steroid dienone is 3.